The van der Waals surface area contributed by atoms with Gasteiger partial charge >= 0.3 is 0 Å². The fourth-order valence-corrected chi connectivity index (χ4v) is 3.92. The van der Waals surface area contributed by atoms with Gasteiger partial charge in [0.15, 0.2) is 0 Å². The van der Waals surface area contributed by atoms with Crippen LogP contribution in [0.4, 0.5) is 11.4 Å². The summed E-state index contributed by atoms with van der Waals surface area (Å²) in [4.78, 5) is 42.3. The Labute approximate surface area is 176 Å². The molecule has 3 amide bonds. The van der Waals surface area contributed by atoms with Gasteiger partial charge in [0.05, 0.1) is 23.6 Å². The summed E-state index contributed by atoms with van der Waals surface area (Å²) >= 11 is 0. The summed E-state index contributed by atoms with van der Waals surface area (Å²) in [5.41, 5.74) is 3.27. The van der Waals surface area contributed by atoms with Crippen LogP contribution in [-0.2, 0) is 20.9 Å². The van der Waals surface area contributed by atoms with E-state index in [4.69, 9.17) is 0 Å². The first-order chi connectivity index (χ1) is 14.3. The van der Waals surface area contributed by atoms with Gasteiger partial charge in [0.25, 0.3) is 0 Å². The monoisotopic (exact) mass is 409 g/mol. The molecule has 1 aromatic carbocycles. The summed E-state index contributed by atoms with van der Waals surface area (Å²) in [6.07, 6.45) is 5.40. The standard InChI is InChI=1S/C22H27N5O3/c1-14-11-26(22(30)16-5-6-16)20-9-17(7-8-19(20)27(14)15(2)28)18-10-23-25(12-18)13-21(29)24(3)4/h7-10,12,14,16H,5-6,11,13H2,1-4H3/t14-/m0/s1. The second-order valence-corrected chi connectivity index (χ2v) is 8.38. The van der Waals surface area contributed by atoms with Gasteiger partial charge in [-0.15, -0.1) is 0 Å². The predicted molar refractivity (Wildman–Crippen MR) is 114 cm³/mol. The quantitative estimate of drug-likeness (QED) is 0.775. The summed E-state index contributed by atoms with van der Waals surface area (Å²) < 4.78 is 1.61. The number of likely N-dealkylation sites (N-methyl/N-ethyl adjacent to an activating group) is 1. The first-order valence-corrected chi connectivity index (χ1v) is 10.2. The highest BCUT2D eigenvalue weighted by Crippen LogP contribution is 2.41. The van der Waals surface area contributed by atoms with Gasteiger partial charge in [-0.05, 0) is 37.5 Å². The van der Waals surface area contributed by atoms with E-state index in [0.717, 1.165) is 35.3 Å². The molecule has 4 rings (SSSR count). The number of benzene rings is 1. The van der Waals surface area contributed by atoms with E-state index in [1.807, 2.05) is 36.2 Å². The molecule has 2 aliphatic rings. The topological polar surface area (TPSA) is 78.8 Å². The van der Waals surface area contributed by atoms with E-state index in [9.17, 15) is 14.4 Å². The van der Waals surface area contributed by atoms with Gasteiger partial charge in [-0.3, -0.25) is 19.1 Å². The number of rotatable bonds is 4. The van der Waals surface area contributed by atoms with Crippen molar-refractivity contribution in [2.75, 3.05) is 30.4 Å². The Morgan fingerprint density at radius 3 is 2.50 bits per heavy atom. The third-order valence-corrected chi connectivity index (χ3v) is 5.71. The molecule has 1 aliphatic heterocycles. The fraction of sp³-hybridized carbons (Fsp3) is 0.455. The van der Waals surface area contributed by atoms with E-state index in [1.165, 1.54) is 4.90 Å². The maximum Gasteiger partial charge on any atom is 0.243 e. The van der Waals surface area contributed by atoms with Gasteiger partial charge in [0.1, 0.15) is 6.54 Å². The molecule has 1 aromatic heterocycles. The maximum absolute atomic E-state index is 12.9. The van der Waals surface area contributed by atoms with E-state index >= 15 is 0 Å². The zero-order chi connectivity index (χ0) is 21.6. The van der Waals surface area contributed by atoms with E-state index in [2.05, 4.69) is 5.10 Å². The van der Waals surface area contributed by atoms with Crippen LogP contribution in [0, 0.1) is 5.92 Å². The summed E-state index contributed by atoms with van der Waals surface area (Å²) in [7, 11) is 3.42. The molecule has 158 valence electrons. The second-order valence-electron chi connectivity index (χ2n) is 8.38. The van der Waals surface area contributed by atoms with E-state index in [-0.39, 0.29) is 36.2 Å². The van der Waals surface area contributed by atoms with E-state index < -0.39 is 0 Å². The Kier molecular flexibility index (Phi) is 5.09. The van der Waals surface area contributed by atoms with Crippen molar-refractivity contribution in [2.24, 2.45) is 5.92 Å². The maximum atomic E-state index is 12.9. The molecule has 1 atom stereocenters. The zero-order valence-corrected chi connectivity index (χ0v) is 17.8. The molecule has 2 heterocycles. The summed E-state index contributed by atoms with van der Waals surface area (Å²) in [5, 5.41) is 4.30. The van der Waals surface area contributed by atoms with Crippen LogP contribution in [0.5, 0.6) is 0 Å². The van der Waals surface area contributed by atoms with E-state index in [1.54, 1.807) is 36.8 Å². The Hall–Kier alpha value is -3.16. The third-order valence-electron chi connectivity index (χ3n) is 5.71. The Bertz CT molecular complexity index is 1010. The van der Waals surface area contributed by atoms with Crippen LogP contribution in [0.2, 0.25) is 0 Å². The number of carbonyl (C=O) groups is 3. The first-order valence-electron chi connectivity index (χ1n) is 10.2. The van der Waals surface area contributed by atoms with Crippen LogP contribution in [0.15, 0.2) is 30.6 Å². The highest BCUT2D eigenvalue weighted by molar-refractivity contribution is 6.06. The zero-order valence-electron chi connectivity index (χ0n) is 17.8. The highest BCUT2D eigenvalue weighted by atomic mass is 16.2. The van der Waals surface area contributed by atoms with Gasteiger partial charge in [0.2, 0.25) is 17.7 Å². The summed E-state index contributed by atoms with van der Waals surface area (Å²) in [5.74, 6) is 0.153. The summed E-state index contributed by atoms with van der Waals surface area (Å²) in [6, 6.07) is 5.70. The van der Waals surface area contributed by atoms with Crippen molar-refractivity contribution in [1.29, 1.82) is 0 Å². The van der Waals surface area contributed by atoms with Crippen LogP contribution in [0.1, 0.15) is 26.7 Å². The molecule has 8 nitrogen and oxygen atoms in total. The molecule has 0 radical (unpaired) electrons. The van der Waals surface area contributed by atoms with Crippen LogP contribution in [0.25, 0.3) is 11.1 Å². The lowest BCUT2D eigenvalue weighted by atomic mass is 10.0. The lowest BCUT2D eigenvalue weighted by Crippen LogP contribution is -2.51. The number of hydrogen-bond acceptors (Lipinski definition) is 4. The molecule has 1 saturated carbocycles. The van der Waals surface area contributed by atoms with Gasteiger partial charge in [-0.1, -0.05) is 6.07 Å². The average Bonchev–Trinajstić information content (AvgIpc) is 3.45. The lowest BCUT2D eigenvalue weighted by molar-refractivity contribution is -0.129. The van der Waals surface area contributed by atoms with Crippen LogP contribution in [0.3, 0.4) is 0 Å². The van der Waals surface area contributed by atoms with Crippen molar-refractivity contribution in [3.05, 3.63) is 30.6 Å². The van der Waals surface area contributed by atoms with Gasteiger partial charge in [-0.2, -0.15) is 5.10 Å². The molecule has 2 aromatic rings. The molecule has 8 heteroatoms. The molecule has 30 heavy (non-hydrogen) atoms. The smallest absolute Gasteiger partial charge is 0.243 e. The van der Waals surface area contributed by atoms with Crippen molar-refractivity contribution >= 4 is 29.1 Å². The van der Waals surface area contributed by atoms with Gasteiger partial charge in [0, 0.05) is 45.2 Å². The molecular weight excluding hydrogens is 382 g/mol. The first kappa shape index (κ1) is 20.1. The predicted octanol–water partition coefficient (Wildman–Crippen LogP) is 2.14. The molecule has 0 unspecified atom stereocenters. The van der Waals surface area contributed by atoms with Crippen molar-refractivity contribution in [1.82, 2.24) is 14.7 Å². The highest BCUT2D eigenvalue weighted by Gasteiger charge is 2.39. The number of hydrogen-bond donors (Lipinski definition) is 0. The Morgan fingerprint density at radius 1 is 1.13 bits per heavy atom. The molecule has 0 N–H and O–H groups in total. The molecule has 0 bridgehead atoms. The number of anilines is 2. The normalized spacial score (nSPS) is 18.2. The summed E-state index contributed by atoms with van der Waals surface area (Å²) in [6.45, 7) is 4.18. The minimum absolute atomic E-state index is 0.0370. The Morgan fingerprint density at radius 2 is 1.87 bits per heavy atom. The molecule has 0 spiro atoms. The number of nitrogens with zero attached hydrogens (tertiary/aromatic N) is 5. The largest absolute Gasteiger partial charge is 0.347 e. The molecule has 1 fully saturated rings. The number of fused-ring (bicyclic) bond motifs is 1. The third kappa shape index (κ3) is 3.69. The van der Waals surface area contributed by atoms with Crippen LogP contribution < -0.4 is 9.80 Å². The van der Waals surface area contributed by atoms with Crippen LogP contribution in [-0.4, -0.2) is 59.1 Å². The minimum Gasteiger partial charge on any atom is -0.347 e. The average molecular weight is 409 g/mol. The fourth-order valence-electron chi connectivity index (χ4n) is 3.92. The molecular formula is C22H27N5O3. The van der Waals surface area contributed by atoms with Crippen molar-refractivity contribution in [3.63, 3.8) is 0 Å². The van der Waals surface area contributed by atoms with E-state index in [0.29, 0.717) is 6.54 Å². The Balaban J connectivity index is 1.70. The van der Waals surface area contributed by atoms with Gasteiger partial charge in [-0.25, -0.2) is 0 Å². The second kappa shape index (κ2) is 7.59. The minimum atomic E-state index is -0.0802. The SMILES string of the molecule is CC(=O)N1c2ccc(-c3cnn(CC(=O)N(C)C)c3)cc2N(C(=O)C2CC2)C[C@@H]1C. The van der Waals surface area contributed by atoms with Gasteiger partial charge < -0.3 is 14.7 Å². The number of aromatic nitrogens is 2. The van der Waals surface area contributed by atoms with Crippen molar-refractivity contribution in [2.45, 2.75) is 39.3 Å². The number of amides is 3. The van der Waals surface area contributed by atoms with Crippen molar-refractivity contribution < 1.29 is 14.4 Å². The molecule has 0 saturated heterocycles. The van der Waals surface area contributed by atoms with Crippen LogP contribution >= 0.6 is 0 Å². The van der Waals surface area contributed by atoms with Crippen molar-refractivity contribution in [3.8, 4) is 11.1 Å². The lowest BCUT2D eigenvalue weighted by Gasteiger charge is -2.41. The number of carbonyl (C=O) groups excluding carboxylic acids is 3. The molecule has 1 aliphatic carbocycles.